The number of hydrogen-bond acceptors (Lipinski definition) is 4. The Kier molecular flexibility index (Phi) is 5.38. The second kappa shape index (κ2) is 7.69. The molecule has 0 unspecified atom stereocenters. The summed E-state index contributed by atoms with van der Waals surface area (Å²) in [6.07, 6.45) is 0. The number of benzene rings is 2. The number of rotatable bonds is 4. The van der Waals surface area contributed by atoms with E-state index in [1.807, 2.05) is 37.3 Å². The van der Waals surface area contributed by atoms with Crippen molar-refractivity contribution in [1.82, 2.24) is 9.91 Å². The zero-order valence-corrected chi connectivity index (χ0v) is 14.6. The van der Waals surface area contributed by atoms with Gasteiger partial charge in [-0.2, -0.15) is 5.10 Å². The molecule has 24 heavy (non-hydrogen) atoms. The molecule has 5 heteroatoms. The van der Waals surface area contributed by atoms with Crippen molar-refractivity contribution in [3.8, 4) is 5.75 Å². The van der Waals surface area contributed by atoms with Crippen LogP contribution in [0.25, 0.3) is 0 Å². The molecule has 3 rings (SSSR count). The third kappa shape index (κ3) is 4.28. The lowest BCUT2D eigenvalue weighted by atomic mass is 10.1. The normalized spacial score (nSPS) is 16.4. The van der Waals surface area contributed by atoms with E-state index in [9.17, 15) is 5.11 Å². The van der Waals surface area contributed by atoms with Gasteiger partial charge in [-0.05, 0) is 36.8 Å². The van der Waals surface area contributed by atoms with E-state index < -0.39 is 0 Å². The van der Waals surface area contributed by atoms with Crippen LogP contribution in [-0.4, -0.2) is 46.9 Å². The lowest BCUT2D eigenvalue weighted by Crippen LogP contribution is -2.43. The Morgan fingerprint density at radius 1 is 1.04 bits per heavy atom. The summed E-state index contributed by atoms with van der Waals surface area (Å²) in [5.74, 6) is 0.278. The molecule has 1 fully saturated rings. The number of aromatic hydroxyl groups is 1. The van der Waals surface area contributed by atoms with Crippen LogP contribution >= 0.6 is 11.6 Å². The number of hydrazone groups is 1. The maximum atomic E-state index is 9.92. The molecule has 0 spiro atoms. The Balaban J connectivity index is 1.56. The van der Waals surface area contributed by atoms with Crippen molar-refractivity contribution in [3.63, 3.8) is 0 Å². The number of para-hydroxylation sites is 1. The van der Waals surface area contributed by atoms with Crippen molar-refractivity contribution in [3.05, 3.63) is 64.7 Å². The predicted octanol–water partition coefficient (Wildman–Crippen LogP) is 3.59. The summed E-state index contributed by atoms with van der Waals surface area (Å²) in [7, 11) is 0. The summed E-state index contributed by atoms with van der Waals surface area (Å²) in [4.78, 5) is 2.42. The predicted molar refractivity (Wildman–Crippen MR) is 98.6 cm³/mol. The minimum absolute atomic E-state index is 0.278. The van der Waals surface area contributed by atoms with E-state index >= 15 is 0 Å². The van der Waals surface area contributed by atoms with Gasteiger partial charge in [0.25, 0.3) is 0 Å². The molecule has 0 bridgehead atoms. The molecule has 0 aliphatic carbocycles. The van der Waals surface area contributed by atoms with Gasteiger partial charge >= 0.3 is 0 Å². The van der Waals surface area contributed by atoms with Crippen LogP contribution in [0.5, 0.6) is 5.75 Å². The van der Waals surface area contributed by atoms with Crippen LogP contribution < -0.4 is 0 Å². The largest absolute Gasteiger partial charge is 0.507 e. The van der Waals surface area contributed by atoms with E-state index in [0.29, 0.717) is 0 Å². The molecular weight excluding hydrogens is 322 g/mol. The SMILES string of the molecule is CC(=NN1CCN(Cc2ccc(Cl)cc2)CC1)c1ccccc1O. The Morgan fingerprint density at radius 3 is 2.38 bits per heavy atom. The molecule has 0 radical (unpaired) electrons. The monoisotopic (exact) mass is 343 g/mol. The van der Waals surface area contributed by atoms with E-state index in [1.54, 1.807) is 6.07 Å². The first-order chi connectivity index (χ1) is 11.6. The molecule has 1 aliphatic heterocycles. The smallest absolute Gasteiger partial charge is 0.124 e. The first kappa shape index (κ1) is 16.8. The van der Waals surface area contributed by atoms with Crippen molar-refractivity contribution in [2.45, 2.75) is 13.5 Å². The van der Waals surface area contributed by atoms with Crippen LogP contribution in [0.4, 0.5) is 0 Å². The van der Waals surface area contributed by atoms with Crippen LogP contribution in [0.2, 0.25) is 5.02 Å². The minimum Gasteiger partial charge on any atom is -0.507 e. The Hall–Kier alpha value is -2.04. The molecule has 0 amide bonds. The highest BCUT2D eigenvalue weighted by molar-refractivity contribution is 6.30. The summed E-state index contributed by atoms with van der Waals surface area (Å²) < 4.78 is 0. The average molecular weight is 344 g/mol. The Labute approximate surface area is 148 Å². The average Bonchev–Trinajstić information content (AvgIpc) is 2.59. The minimum atomic E-state index is 0.278. The van der Waals surface area contributed by atoms with E-state index in [1.165, 1.54) is 5.56 Å². The first-order valence-corrected chi connectivity index (χ1v) is 8.55. The lowest BCUT2D eigenvalue weighted by Gasteiger charge is -2.33. The first-order valence-electron chi connectivity index (χ1n) is 8.17. The van der Waals surface area contributed by atoms with Crippen molar-refractivity contribution in [1.29, 1.82) is 0 Å². The van der Waals surface area contributed by atoms with Crippen LogP contribution in [0.1, 0.15) is 18.1 Å². The number of phenols is 1. The lowest BCUT2D eigenvalue weighted by molar-refractivity contribution is 0.130. The summed E-state index contributed by atoms with van der Waals surface area (Å²) in [6.45, 7) is 6.60. The molecular formula is C19H22ClN3O. The zero-order chi connectivity index (χ0) is 16.9. The molecule has 0 atom stereocenters. The second-order valence-electron chi connectivity index (χ2n) is 6.06. The number of nitrogens with zero attached hydrogens (tertiary/aromatic N) is 3. The van der Waals surface area contributed by atoms with Crippen molar-refractivity contribution >= 4 is 17.3 Å². The summed E-state index contributed by atoms with van der Waals surface area (Å²) in [6, 6.07) is 15.4. The number of halogens is 1. The number of phenolic OH excluding ortho intramolecular Hbond substituents is 1. The highest BCUT2D eigenvalue weighted by Gasteiger charge is 2.16. The van der Waals surface area contributed by atoms with Gasteiger partial charge in [0.2, 0.25) is 0 Å². The van der Waals surface area contributed by atoms with E-state index in [-0.39, 0.29) is 5.75 Å². The standard InChI is InChI=1S/C19H22ClN3O/c1-15(18-4-2-3-5-19(18)24)21-23-12-10-22(11-13-23)14-16-6-8-17(20)9-7-16/h2-9,24H,10-14H2,1H3. The van der Waals surface area contributed by atoms with Gasteiger partial charge < -0.3 is 5.11 Å². The van der Waals surface area contributed by atoms with Crippen LogP contribution in [0, 0.1) is 0 Å². The van der Waals surface area contributed by atoms with Gasteiger partial charge in [-0.15, -0.1) is 0 Å². The van der Waals surface area contributed by atoms with E-state index in [0.717, 1.165) is 49.0 Å². The van der Waals surface area contributed by atoms with Crippen LogP contribution in [0.3, 0.4) is 0 Å². The van der Waals surface area contributed by atoms with Gasteiger partial charge in [0.1, 0.15) is 5.75 Å². The molecule has 0 aromatic heterocycles. The molecule has 4 nitrogen and oxygen atoms in total. The van der Waals surface area contributed by atoms with Gasteiger partial charge in [0, 0.05) is 43.3 Å². The van der Waals surface area contributed by atoms with Gasteiger partial charge in [-0.3, -0.25) is 9.91 Å². The summed E-state index contributed by atoms with van der Waals surface area (Å²) in [5.41, 5.74) is 2.92. The fraction of sp³-hybridized carbons (Fsp3) is 0.316. The molecule has 1 N–H and O–H groups in total. The summed E-state index contributed by atoms with van der Waals surface area (Å²) >= 11 is 5.93. The van der Waals surface area contributed by atoms with E-state index in [2.05, 4.69) is 27.1 Å². The Bertz CT molecular complexity index is 707. The maximum Gasteiger partial charge on any atom is 0.124 e. The van der Waals surface area contributed by atoms with Crippen molar-refractivity contribution in [2.24, 2.45) is 5.10 Å². The maximum absolute atomic E-state index is 9.92. The molecule has 2 aromatic rings. The highest BCUT2D eigenvalue weighted by Crippen LogP contribution is 2.18. The van der Waals surface area contributed by atoms with E-state index in [4.69, 9.17) is 11.6 Å². The molecule has 1 saturated heterocycles. The molecule has 1 heterocycles. The zero-order valence-electron chi connectivity index (χ0n) is 13.8. The summed E-state index contributed by atoms with van der Waals surface area (Å²) in [5, 5.41) is 17.4. The van der Waals surface area contributed by atoms with Crippen LogP contribution in [0.15, 0.2) is 53.6 Å². The van der Waals surface area contributed by atoms with Crippen molar-refractivity contribution < 1.29 is 5.11 Å². The van der Waals surface area contributed by atoms with Gasteiger partial charge in [0.15, 0.2) is 0 Å². The quantitative estimate of drug-likeness (QED) is 0.862. The van der Waals surface area contributed by atoms with Crippen molar-refractivity contribution in [2.75, 3.05) is 26.2 Å². The molecule has 2 aromatic carbocycles. The van der Waals surface area contributed by atoms with Gasteiger partial charge in [-0.1, -0.05) is 35.9 Å². The topological polar surface area (TPSA) is 39.1 Å². The fourth-order valence-corrected chi connectivity index (χ4v) is 3.02. The highest BCUT2D eigenvalue weighted by atomic mass is 35.5. The molecule has 0 saturated carbocycles. The number of piperazine rings is 1. The Morgan fingerprint density at radius 2 is 1.71 bits per heavy atom. The van der Waals surface area contributed by atoms with Crippen LogP contribution in [-0.2, 0) is 6.54 Å². The fourth-order valence-electron chi connectivity index (χ4n) is 2.89. The third-order valence-electron chi connectivity index (χ3n) is 4.25. The van der Waals surface area contributed by atoms with Gasteiger partial charge in [-0.25, -0.2) is 0 Å². The molecule has 1 aliphatic rings. The third-order valence-corrected chi connectivity index (χ3v) is 4.51. The number of hydrogen-bond donors (Lipinski definition) is 1. The van der Waals surface area contributed by atoms with Gasteiger partial charge in [0.05, 0.1) is 5.71 Å². The molecule has 126 valence electrons. The second-order valence-corrected chi connectivity index (χ2v) is 6.50.